The Labute approximate surface area is 202 Å². The van der Waals surface area contributed by atoms with Gasteiger partial charge in [0.15, 0.2) is 6.54 Å². The second-order valence-corrected chi connectivity index (χ2v) is 9.75. The maximum Gasteiger partial charge on any atom is 0.491 e. The number of halogens is 3. The van der Waals surface area contributed by atoms with E-state index in [0.717, 1.165) is 31.2 Å². The van der Waals surface area contributed by atoms with E-state index in [1.165, 1.54) is 57.8 Å². The number of rotatable bonds is 19. The zero-order valence-electron chi connectivity index (χ0n) is 21.4. The van der Waals surface area contributed by atoms with Gasteiger partial charge in [0, 0.05) is 7.05 Å². The number of alkyl halides is 3. The third kappa shape index (κ3) is 14.8. The van der Waals surface area contributed by atoms with Crippen molar-refractivity contribution in [3.63, 3.8) is 0 Å². The van der Waals surface area contributed by atoms with Gasteiger partial charge >= 0.3 is 12.1 Å². The molecule has 202 valence electrons. The molecule has 0 aromatic rings. The predicted octanol–water partition coefficient (Wildman–Crippen LogP) is 4.01. The van der Waals surface area contributed by atoms with Crippen LogP contribution in [0.3, 0.4) is 0 Å². The zero-order valence-corrected chi connectivity index (χ0v) is 21.4. The minimum absolute atomic E-state index is 0.0489. The summed E-state index contributed by atoms with van der Waals surface area (Å²) in [6, 6.07) is 0. The molecule has 0 spiro atoms. The summed E-state index contributed by atoms with van der Waals surface area (Å²) in [5.41, 5.74) is 0. The molecular weight excluding hydrogens is 453 g/mol. The predicted molar refractivity (Wildman–Crippen MR) is 125 cm³/mol. The van der Waals surface area contributed by atoms with Gasteiger partial charge in [-0.3, -0.25) is 4.79 Å². The Morgan fingerprint density at radius 1 is 0.912 bits per heavy atom. The topological polar surface area (TPSA) is 87.1 Å². The molecule has 0 saturated carbocycles. The fraction of sp³-hybridized carbons (Fsp3) is 0.917. The van der Waals surface area contributed by atoms with Crippen LogP contribution in [0, 0.1) is 0 Å². The number of aliphatic hydroxyl groups excluding tert-OH is 2. The number of nitrogens with zero attached hydrogens (tertiary/aromatic N) is 2. The van der Waals surface area contributed by atoms with Crippen LogP contribution in [-0.4, -0.2) is 90.8 Å². The van der Waals surface area contributed by atoms with Crippen molar-refractivity contribution in [2.24, 2.45) is 0 Å². The van der Waals surface area contributed by atoms with E-state index in [1.807, 2.05) is 14.1 Å². The average Bonchev–Trinajstić information content (AvgIpc) is 2.75. The molecule has 0 bridgehead atoms. The molecule has 0 aliphatic carbocycles. The van der Waals surface area contributed by atoms with Gasteiger partial charge in [-0.1, -0.05) is 71.1 Å². The van der Waals surface area contributed by atoms with Crippen LogP contribution in [0.4, 0.5) is 13.2 Å². The number of aliphatic hydroxyl groups is 2. The second kappa shape index (κ2) is 17.1. The molecule has 0 aliphatic rings. The minimum Gasteiger partial charge on any atom is -0.432 e. The fourth-order valence-corrected chi connectivity index (χ4v) is 3.76. The maximum atomic E-state index is 12.6. The number of carbonyl (C=O) groups is 2. The van der Waals surface area contributed by atoms with Crippen molar-refractivity contribution in [1.82, 2.24) is 4.90 Å². The number of amides is 1. The van der Waals surface area contributed by atoms with Crippen LogP contribution in [0.5, 0.6) is 0 Å². The zero-order chi connectivity index (χ0) is 26.2. The average molecular weight is 500 g/mol. The Morgan fingerprint density at radius 3 is 1.76 bits per heavy atom. The molecule has 0 heterocycles. The van der Waals surface area contributed by atoms with Crippen LogP contribution in [0.2, 0.25) is 0 Å². The van der Waals surface area contributed by atoms with E-state index >= 15 is 0 Å². The first kappa shape index (κ1) is 32.6. The molecule has 34 heavy (non-hydrogen) atoms. The summed E-state index contributed by atoms with van der Waals surface area (Å²) in [7, 11) is 4.81. The molecule has 1 amide bonds. The summed E-state index contributed by atoms with van der Waals surface area (Å²) in [4.78, 5) is 24.5. The lowest BCUT2D eigenvalue weighted by molar-refractivity contribution is -0.883. The lowest BCUT2D eigenvalue weighted by Gasteiger charge is -2.34. The van der Waals surface area contributed by atoms with Crippen molar-refractivity contribution < 1.29 is 42.2 Å². The maximum absolute atomic E-state index is 12.6. The molecule has 0 aromatic carbocycles. The summed E-state index contributed by atoms with van der Waals surface area (Å²) in [6.45, 7) is 1.90. The highest BCUT2D eigenvalue weighted by molar-refractivity contribution is 5.79. The third-order valence-electron chi connectivity index (χ3n) is 5.93. The molecular formula is C24H46F3N2O5+. The standard InChI is InChI=1S/C24H46F3N2O5/c1-5-6-7-8-9-10-11-12-13-14-15-16-17-29(3,4)18-21(32)28(2)22(20(31)19-30)34-23(33)24(25,26)27/h20,22,30-31H,5-19H2,1-4H3/q+1. The minimum atomic E-state index is -5.28. The number of quaternary nitrogens is 1. The SMILES string of the molecule is CCCCCCCCCCCCCC[N+](C)(C)CC(=O)N(C)C(OC(=O)C(F)(F)F)C(O)CO. The van der Waals surface area contributed by atoms with Gasteiger partial charge in [0.1, 0.15) is 6.10 Å². The van der Waals surface area contributed by atoms with Gasteiger partial charge in [-0.15, -0.1) is 0 Å². The lowest BCUT2D eigenvalue weighted by Crippen LogP contribution is -2.55. The highest BCUT2D eigenvalue weighted by atomic mass is 19.4. The fourth-order valence-electron chi connectivity index (χ4n) is 3.76. The van der Waals surface area contributed by atoms with Gasteiger partial charge in [-0.05, 0) is 12.8 Å². The summed E-state index contributed by atoms with van der Waals surface area (Å²) in [6.07, 6.45) is 5.59. The van der Waals surface area contributed by atoms with Crippen molar-refractivity contribution >= 4 is 11.9 Å². The highest BCUT2D eigenvalue weighted by Crippen LogP contribution is 2.20. The number of unbranched alkanes of at least 4 members (excludes halogenated alkanes) is 11. The molecule has 0 fully saturated rings. The molecule has 0 saturated heterocycles. The van der Waals surface area contributed by atoms with E-state index in [9.17, 15) is 27.9 Å². The quantitative estimate of drug-likeness (QED) is 0.121. The second-order valence-electron chi connectivity index (χ2n) is 9.75. The number of hydrogen-bond donors (Lipinski definition) is 2. The number of likely N-dealkylation sites (N-methyl/N-ethyl adjacent to an activating group) is 2. The van der Waals surface area contributed by atoms with Gasteiger partial charge in [-0.2, -0.15) is 13.2 Å². The van der Waals surface area contributed by atoms with Gasteiger partial charge in [0.25, 0.3) is 5.91 Å². The number of carbonyl (C=O) groups excluding carboxylic acids is 2. The molecule has 7 nitrogen and oxygen atoms in total. The first-order valence-corrected chi connectivity index (χ1v) is 12.5. The Bertz CT molecular complexity index is 573. The van der Waals surface area contributed by atoms with E-state index in [-0.39, 0.29) is 6.54 Å². The largest absolute Gasteiger partial charge is 0.491 e. The molecule has 2 atom stereocenters. The van der Waals surface area contributed by atoms with Crippen molar-refractivity contribution in [1.29, 1.82) is 0 Å². The Kier molecular flexibility index (Phi) is 16.4. The Hall–Kier alpha value is -1.39. The van der Waals surface area contributed by atoms with Crippen molar-refractivity contribution in [3.05, 3.63) is 0 Å². The summed E-state index contributed by atoms with van der Waals surface area (Å²) >= 11 is 0. The van der Waals surface area contributed by atoms with Crippen LogP contribution in [-0.2, 0) is 14.3 Å². The van der Waals surface area contributed by atoms with Crippen LogP contribution in [0.15, 0.2) is 0 Å². The van der Waals surface area contributed by atoms with Crippen molar-refractivity contribution in [2.75, 3.05) is 40.8 Å². The van der Waals surface area contributed by atoms with Gasteiger partial charge < -0.3 is 24.3 Å². The molecule has 2 unspecified atom stereocenters. The smallest absolute Gasteiger partial charge is 0.432 e. The molecule has 2 N–H and O–H groups in total. The summed E-state index contributed by atoms with van der Waals surface area (Å²) in [5.74, 6) is -3.13. The van der Waals surface area contributed by atoms with Crippen molar-refractivity contribution in [2.45, 2.75) is 102 Å². The first-order valence-electron chi connectivity index (χ1n) is 12.5. The molecule has 0 radical (unpaired) electrons. The first-order chi connectivity index (χ1) is 15.9. The van der Waals surface area contributed by atoms with E-state index in [0.29, 0.717) is 11.0 Å². The molecule has 0 aliphatic heterocycles. The molecule has 10 heteroatoms. The van der Waals surface area contributed by atoms with Crippen LogP contribution in [0.1, 0.15) is 84.0 Å². The number of esters is 1. The normalized spacial score (nSPS) is 14.0. The van der Waals surface area contributed by atoms with Crippen LogP contribution >= 0.6 is 0 Å². The van der Waals surface area contributed by atoms with Gasteiger partial charge in [0.05, 0.1) is 27.2 Å². The lowest BCUT2D eigenvalue weighted by atomic mass is 10.1. The van der Waals surface area contributed by atoms with E-state index in [1.54, 1.807) is 0 Å². The number of hydrogen-bond acceptors (Lipinski definition) is 5. The molecule has 0 rings (SSSR count). The van der Waals surface area contributed by atoms with Gasteiger partial charge in [0.2, 0.25) is 6.23 Å². The third-order valence-corrected chi connectivity index (χ3v) is 5.93. The molecule has 0 aromatic heterocycles. The number of ether oxygens (including phenoxy) is 1. The van der Waals surface area contributed by atoms with E-state index in [4.69, 9.17) is 5.11 Å². The van der Waals surface area contributed by atoms with Crippen molar-refractivity contribution in [3.8, 4) is 0 Å². The van der Waals surface area contributed by atoms with E-state index in [2.05, 4.69) is 11.7 Å². The highest BCUT2D eigenvalue weighted by Gasteiger charge is 2.45. The Morgan fingerprint density at radius 2 is 1.35 bits per heavy atom. The Balaban J connectivity index is 4.33. The van der Waals surface area contributed by atoms with Gasteiger partial charge in [-0.25, -0.2) is 4.79 Å². The van der Waals surface area contributed by atoms with Crippen LogP contribution in [0.25, 0.3) is 0 Å². The van der Waals surface area contributed by atoms with Crippen LogP contribution < -0.4 is 0 Å². The summed E-state index contributed by atoms with van der Waals surface area (Å²) in [5, 5.41) is 18.9. The summed E-state index contributed by atoms with van der Waals surface area (Å²) < 4.78 is 42.2. The van der Waals surface area contributed by atoms with E-state index < -0.39 is 37.0 Å². The monoisotopic (exact) mass is 499 g/mol.